The van der Waals surface area contributed by atoms with Gasteiger partial charge in [0.05, 0.1) is 12.6 Å². The molecule has 2 saturated carbocycles. The van der Waals surface area contributed by atoms with Crippen molar-refractivity contribution in [3.63, 3.8) is 0 Å². The van der Waals surface area contributed by atoms with Crippen molar-refractivity contribution in [1.82, 2.24) is 15.6 Å². The van der Waals surface area contributed by atoms with Crippen LogP contribution in [0.15, 0.2) is 11.6 Å². The van der Waals surface area contributed by atoms with E-state index in [-0.39, 0.29) is 24.1 Å². The Bertz CT molecular complexity index is 441. The molecule has 104 valence electrons. The molecular weight excluding hydrogens is 262 g/mol. The smallest absolute Gasteiger partial charge is 0.315 e. The molecule has 1 heterocycles. The lowest BCUT2D eigenvalue weighted by molar-refractivity contribution is 0.201. The minimum Gasteiger partial charge on any atom is -0.396 e. The summed E-state index contributed by atoms with van der Waals surface area (Å²) in [5.74, 6) is 0.532. The second-order valence-corrected chi connectivity index (χ2v) is 6.60. The maximum absolute atomic E-state index is 11.9. The number of amides is 2. The molecule has 1 aromatic heterocycles. The molecule has 0 spiro atoms. The lowest BCUT2D eigenvalue weighted by Gasteiger charge is -2.18. The minimum absolute atomic E-state index is 0.0456. The highest BCUT2D eigenvalue weighted by Crippen LogP contribution is 2.44. The highest BCUT2D eigenvalue weighted by molar-refractivity contribution is 7.09. The van der Waals surface area contributed by atoms with Crippen molar-refractivity contribution in [1.29, 1.82) is 0 Å². The van der Waals surface area contributed by atoms with Gasteiger partial charge in [-0.05, 0) is 31.6 Å². The number of nitrogens with one attached hydrogen (secondary N) is 2. The van der Waals surface area contributed by atoms with E-state index in [1.807, 2.05) is 5.38 Å². The summed E-state index contributed by atoms with van der Waals surface area (Å²) in [6.45, 7) is 0.719. The maximum atomic E-state index is 11.9. The molecule has 3 rings (SSSR count). The number of thiazole rings is 1. The first-order chi connectivity index (χ1) is 9.22. The first-order valence-corrected chi connectivity index (χ1v) is 7.65. The molecule has 2 aliphatic carbocycles. The van der Waals surface area contributed by atoms with Crippen molar-refractivity contribution >= 4 is 17.4 Å². The molecule has 0 bridgehead atoms. The van der Waals surface area contributed by atoms with Crippen molar-refractivity contribution < 1.29 is 9.90 Å². The lowest BCUT2D eigenvalue weighted by Crippen LogP contribution is -2.41. The van der Waals surface area contributed by atoms with Crippen LogP contribution in [-0.4, -0.2) is 29.3 Å². The summed E-state index contributed by atoms with van der Waals surface area (Å²) < 4.78 is 0. The van der Waals surface area contributed by atoms with E-state index < -0.39 is 0 Å². The first-order valence-electron chi connectivity index (χ1n) is 6.77. The zero-order valence-corrected chi connectivity index (χ0v) is 11.6. The molecule has 19 heavy (non-hydrogen) atoms. The third-order valence-electron chi connectivity index (χ3n) is 4.01. The standard InChI is InChI=1S/C13H19N3O2S/c17-8-13(3-4-13)7-15-12(18)16-10(9-1-2-9)11-14-5-6-19-11/h5-6,9-10,17H,1-4,7-8H2,(H2,15,16,18)/t10-/m0/s1. The fraction of sp³-hybridized carbons (Fsp3) is 0.692. The van der Waals surface area contributed by atoms with Crippen LogP contribution in [0.2, 0.25) is 0 Å². The number of aliphatic hydroxyl groups is 1. The Kier molecular flexibility index (Phi) is 3.45. The molecule has 0 unspecified atom stereocenters. The number of hydrogen-bond acceptors (Lipinski definition) is 4. The third kappa shape index (κ3) is 3.06. The van der Waals surface area contributed by atoms with Gasteiger partial charge in [0, 0.05) is 23.5 Å². The van der Waals surface area contributed by atoms with Gasteiger partial charge < -0.3 is 15.7 Å². The van der Waals surface area contributed by atoms with Gasteiger partial charge in [-0.1, -0.05) is 0 Å². The van der Waals surface area contributed by atoms with E-state index in [1.165, 1.54) is 0 Å². The first kappa shape index (κ1) is 12.9. The second-order valence-electron chi connectivity index (χ2n) is 5.67. The predicted molar refractivity (Wildman–Crippen MR) is 72.9 cm³/mol. The topological polar surface area (TPSA) is 74.2 Å². The molecule has 2 aliphatic rings. The molecule has 1 aromatic rings. The van der Waals surface area contributed by atoms with E-state index in [4.69, 9.17) is 0 Å². The SMILES string of the molecule is O=C(NCC1(CO)CC1)N[C@H](c1nccs1)C1CC1. The van der Waals surface area contributed by atoms with E-state index in [0.29, 0.717) is 12.5 Å². The van der Waals surface area contributed by atoms with Crippen molar-refractivity contribution in [2.75, 3.05) is 13.2 Å². The summed E-state index contributed by atoms with van der Waals surface area (Å²) in [6.07, 6.45) is 6.10. The molecule has 5 nitrogen and oxygen atoms in total. The number of hydrogen-bond donors (Lipinski definition) is 3. The predicted octanol–water partition coefficient (Wildman–Crippen LogP) is 1.67. The second kappa shape index (κ2) is 5.09. The molecule has 0 aromatic carbocycles. The Morgan fingerprint density at radius 1 is 1.58 bits per heavy atom. The Hall–Kier alpha value is -1.14. The molecule has 6 heteroatoms. The van der Waals surface area contributed by atoms with Crippen molar-refractivity contribution in [2.24, 2.45) is 11.3 Å². The number of aliphatic hydroxyl groups excluding tert-OH is 1. The Morgan fingerprint density at radius 2 is 2.37 bits per heavy atom. The van der Waals surface area contributed by atoms with Gasteiger partial charge in [0.1, 0.15) is 5.01 Å². The van der Waals surface area contributed by atoms with E-state index in [1.54, 1.807) is 17.5 Å². The number of carbonyl (C=O) groups excluding carboxylic acids is 1. The van der Waals surface area contributed by atoms with E-state index in [0.717, 1.165) is 30.7 Å². The van der Waals surface area contributed by atoms with E-state index in [2.05, 4.69) is 15.6 Å². The normalized spacial score (nSPS) is 21.7. The lowest BCUT2D eigenvalue weighted by atomic mass is 10.1. The molecule has 0 radical (unpaired) electrons. The van der Waals surface area contributed by atoms with Gasteiger partial charge in [0.15, 0.2) is 0 Å². The van der Waals surface area contributed by atoms with Gasteiger partial charge in [-0.25, -0.2) is 9.78 Å². The highest BCUT2D eigenvalue weighted by atomic mass is 32.1. The Balaban J connectivity index is 1.52. The summed E-state index contributed by atoms with van der Waals surface area (Å²) in [5, 5.41) is 18.0. The minimum atomic E-state index is -0.146. The molecule has 0 aliphatic heterocycles. The highest BCUT2D eigenvalue weighted by Gasteiger charge is 2.42. The quantitative estimate of drug-likeness (QED) is 0.742. The van der Waals surface area contributed by atoms with Gasteiger partial charge in [0.2, 0.25) is 0 Å². The van der Waals surface area contributed by atoms with Crippen LogP contribution in [0.1, 0.15) is 36.7 Å². The van der Waals surface area contributed by atoms with Crippen LogP contribution in [0.5, 0.6) is 0 Å². The van der Waals surface area contributed by atoms with Gasteiger partial charge in [-0.3, -0.25) is 0 Å². The fourth-order valence-electron chi connectivity index (χ4n) is 2.23. The average Bonchev–Trinajstić information content (AvgIpc) is 3.33. The number of rotatable bonds is 6. The number of aromatic nitrogens is 1. The number of carbonyl (C=O) groups is 1. The molecule has 0 saturated heterocycles. The summed E-state index contributed by atoms with van der Waals surface area (Å²) in [4.78, 5) is 16.2. The van der Waals surface area contributed by atoms with E-state index in [9.17, 15) is 9.90 Å². The Morgan fingerprint density at radius 3 is 2.89 bits per heavy atom. The average molecular weight is 281 g/mol. The van der Waals surface area contributed by atoms with Crippen LogP contribution in [-0.2, 0) is 0 Å². The third-order valence-corrected chi connectivity index (χ3v) is 4.87. The number of urea groups is 1. The summed E-state index contributed by atoms with van der Waals surface area (Å²) in [7, 11) is 0. The number of nitrogens with zero attached hydrogens (tertiary/aromatic N) is 1. The molecule has 1 atom stereocenters. The van der Waals surface area contributed by atoms with Gasteiger partial charge in [0.25, 0.3) is 0 Å². The fourth-order valence-corrected chi connectivity index (χ4v) is 3.01. The monoisotopic (exact) mass is 281 g/mol. The van der Waals surface area contributed by atoms with Crippen LogP contribution in [0.25, 0.3) is 0 Å². The van der Waals surface area contributed by atoms with Crippen molar-refractivity contribution in [3.05, 3.63) is 16.6 Å². The van der Waals surface area contributed by atoms with Crippen LogP contribution in [0.4, 0.5) is 4.79 Å². The van der Waals surface area contributed by atoms with Crippen LogP contribution >= 0.6 is 11.3 Å². The van der Waals surface area contributed by atoms with Crippen LogP contribution < -0.4 is 10.6 Å². The molecule has 3 N–H and O–H groups in total. The molecule has 2 fully saturated rings. The summed E-state index contributed by atoms with van der Waals surface area (Å²) in [5.41, 5.74) is -0.0480. The van der Waals surface area contributed by atoms with Gasteiger partial charge in [-0.15, -0.1) is 11.3 Å². The molecular formula is C13H19N3O2S. The van der Waals surface area contributed by atoms with Crippen molar-refractivity contribution in [2.45, 2.75) is 31.7 Å². The molecule has 2 amide bonds. The van der Waals surface area contributed by atoms with E-state index >= 15 is 0 Å². The zero-order valence-electron chi connectivity index (χ0n) is 10.8. The van der Waals surface area contributed by atoms with Crippen LogP contribution in [0.3, 0.4) is 0 Å². The van der Waals surface area contributed by atoms with Gasteiger partial charge >= 0.3 is 6.03 Å². The van der Waals surface area contributed by atoms with Crippen molar-refractivity contribution in [3.8, 4) is 0 Å². The maximum Gasteiger partial charge on any atom is 0.315 e. The summed E-state index contributed by atoms with van der Waals surface area (Å²) in [6, 6.07) is -0.101. The largest absolute Gasteiger partial charge is 0.396 e. The van der Waals surface area contributed by atoms with Gasteiger partial charge in [-0.2, -0.15) is 0 Å². The Labute approximate surface area is 116 Å². The van der Waals surface area contributed by atoms with Crippen LogP contribution in [0, 0.1) is 11.3 Å². The zero-order chi connectivity index (χ0) is 13.3. The summed E-state index contributed by atoms with van der Waals surface area (Å²) >= 11 is 1.59.